The summed E-state index contributed by atoms with van der Waals surface area (Å²) in [6.07, 6.45) is 11.3. The molecule has 1 amide bonds. The summed E-state index contributed by atoms with van der Waals surface area (Å²) in [5, 5.41) is 2.61. The summed E-state index contributed by atoms with van der Waals surface area (Å²) in [5.74, 6) is 1.47. The van der Waals surface area contributed by atoms with Crippen molar-refractivity contribution in [3.63, 3.8) is 0 Å². The van der Waals surface area contributed by atoms with Crippen LogP contribution in [0.1, 0.15) is 47.6 Å². The van der Waals surface area contributed by atoms with Crippen molar-refractivity contribution in [3.8, 4) is 11.5 Å². The SMILES string of the molecule is Cc1ncc(C(=O)Nc2ccc(Oc3ccnc(C4=CCCCC4)c3)cn2)c(=O)n1C. The number of rotatable bonds is 5. The van der Waals surface area contributed by atoms with E-state index in [-0.39, 0.29) is 5.56 Å². The van der Waals surface area contributed by atoms with Gasteiger partial charge >= 0.3 is 0 Å². The number of aromatic nitrogens is 4. The van der Waals surface area contributed by atoms with Crippen LogP contribution in [-0.4, -0.2) is 25.4 Å². The minimum absolute atomic E-state index is 0.0449. The van der Waals surface area contributed by atoms with Gasteiger partial charge in [-0.25, -0.2) is 9.97 Å². The van der Waals surface area contributed by atoms with Crippen LogP contribution in [0.2, 0.25) is 0 Å². The standard InChI is InChI=1S/C23H23N5O3/c1-15-25-14-19(23(30)28(15)2)22(29)27-21-9-8-18(13-26-21)31-17-10-11-24-20(12-17)16-6-4-3-5-7-16/h6,8-14H,3-5,7H2,1-2H3,(H,26,27,29). The Balaban J connectivity index is 1.44. The molecule has 0 spiro atoms. The Hall–Kier alpha value is -3.81. The zero-order chi connectivity index (χ0) is 21.8. The van der Waals surface area contributed by atoms with Gasteiger partial charge in [-0.2, -0.15) is 0 Å². The molecule has 0 bridgehead atoms. The molecule has 0 saturated heterocycles. The third-order valence-corrected chi connectivity index (χ3v) is 5.21. The van der Waals surface area contributed by atoms with Gasteiger partial charge < -0.3 is 10.1 Å². The van der Waals surface area contributed by atoms with Gasteiger partial charge in [0.15, 0.2) is 0 Å². The number of hydrogen-bond donors (Lipinski definition) is 1. The molecule has 0 atom stereocenters. The Morgan fingerprint density at radius 1 is 1.10 bits per heavy atom. The number of aryl methyl sites for hydroxylation is 1. The van der Waals surface area contributed by atoms with E-state index in [2.05, 4.69) is 26.3 Å². The van der Waals surface area contributed by atoms with E-state index in [1.54, 1.807) is 38.4 Å². The molecular weight excluding hydrogens is 394 g/mol. The molecule has 31 heavy (non-hydrogen) atoms. The highest BCUT2D eigenvalue weighted by atomic mass is 16.5. The third-order valence-electron chi connectivity index (χ3n) is 5.21. The number of carbonyl (C=O) groups excluding carboxylic acids is 1. The summed E-state index contributed by atoms with van der Waals surface area (Å²) in [4.78, 5) is 37.4. The van der Waals surface area contributed by atoms with Crippen LogP contribution in [0, 0.1) is 6.92 Å². The van der Waals surface area contributed by atoms with Gasteiger partial charge in [-0.05, 0) is 56.4 Å². The van der Waals surface area contributed by atoms with Crippen molar-refractivity contribution in [2.24, 2.45) is 7.05 Å². The molecule has 0 unspecified atom stereocenters. The maximum atomic E-state index is 12.4. The first-order valence-corrected chi connectivity index (χ1v) is 10.1. The van der Waals surface area contributed by atoms with Crippen molar-refractivity contribution >= 4 is 17.3 Å². The van der Waals surface area contributed by atoms with Crippen molar-refractivity contribution < 1.29 is 9.53 Å². The number of nitrogens with zero attached hydrogens (tertiary/aromatic N) is 4. The Bertz CT molecular complexity index is 1200. The van der Waals surface area contributed by atoms with Crippen LogP contribution in [0.15, 0.2) is 53.7 Å². The zero-order valence-corrected chi connectivity index (χ0v) is 17.5. The summed E-state index contributed by atoms with van der Waals surface area (Å²) in [5.41, 5.74) is 1.73. The van der Waals surface area contributed by atoms with E-state index in [1.165, 1.54) is 35.4 Å². The van der Waals surface area contributed by atoms with Crippen LogP contribution in [0.5, 0.6) is 11.5 Å². The highest BCUT2D eigenvalue weighted by Gasteiger charge is 2.14. The molecule has 8 heteroatoms. The zero-order valence-electron chi connectivity index (χ0n) is 17.5. The lowest BCUT2D eigenvalue weighted by Gasteiger charge is -2.13. The fraction of sp³-hybridized carbons (Fsp3) is 0.261. The molecule has 3 heterocycles. The molecule has 0 fully saturated rings. The average molecular weight is 417 g/mol. The monoisotopic (exact) mass is 417 g/mol. The van der Waals surface area contributed by atoms with Crippen LogP contribution in [0.4, 0.5) is 5.82 Å². The minimum Gasteiger partial charge on any atom is -0.456 e. The van der Waals surface area contributed by atoms with Gasteiger partial charge in [0.1, 0.15) is 28.7 Å². The quantitative estimate of drug-likeness (QED) is 0.676. The maximum Gasteiger partial charge on any atom is 0.266 e. The molecule has 8 nitrogen and oxygen atoms in total. The molecule has 4 rings (SSSR count). The molecule has 0 aliphatic heterocycles. The number of nitrogens with one attached hydrogen (secondary N) is 1. The van der Waals surface area contributed by atoms with Crippen LogP contribution in [0.25, 0.3) is 5.57 Å². The van der Waals surface area contributed by atoms with Gasteiger partial charge in [0.2, 0.25) is 0 Å². The van der Waals surface area contributed by atoms with Crippen molar-refractivity contribution in [2.45, 2.75) is 32.6 Å². The van der Waals surface area contributed by atoms with Crippen LogP contribution in [-0.2, 0) is 7.05 Å². The van der Waals surface area contributed by atoms with Crippen LogP contribution < -0.4 is 15.6 Å². The predicted molar refractivity (Wildman–Crippen MR) is 117 cm³/mol. The van der Waals surface area contributed by atoms with Gasteiger partial charge in [0, 0.05) is 25.5 Å². The molecule has 0 radical (unpaired) electrons. The normalized spacial score (nSPS) is 13.4. The predicted octanol–water partition coefficient (Wildman–Crippen LogP) is 3.88. The topological polar surface area (TPSA) is 99.0 Å². The Morgan fingerprint density at radius 3 is 2.71 bits per heavy atom. The Morgan fingerprint density at radius 2 is 1.97 bits per heavy atom. The fourth-order valence-corrected chi connectivity index (χ4v) is 3.34. The maximum absolute atomic E-state index is 12.4. The van der Waals surface area contributed by atoms with E-state index < -0.39 is 11.5 Å². The number of amides is 1. The Kier molecular flexibility index (Phi) is 5.88. The van der Waals surface area contributed by atoms with Crippen molar-refractivity contribution in [3.05, 3.63) is 76.4 Å². The van der Waals surface area contributed by atoms with Crippen molar-refractivity contribution in [1.82, 2.24) is 19.5 Å². The Labute approximate surface area is 179 Å². The van der Waals surface area contributed by atoms with E-state index >= 15 is 0 Å². The van der Waals surface area contributed by atoms with Gasteiger partial charge in [-0.15, -0.1) is 0 Å². The highest BCUT2D eigenvalue weighted by molar-refractivity contribution is 6.03. The lowest BCUT2D eigenvalue weighted by Crippen LogP contribution is -2.29. The molecule has 158 valence electrons. The van der Waals surface area contributed by atoms with Gasteiger partial charge in [0.25, 0.3) is 11.5 Å². The second-order valence-corrected chi connectivity index (χ2v) is 7.37. The second kappa shape index (κ2) is 8.91. The second-order valence-electron chi connectivity index (χ2n) is 7.37. The molecule has 1 aliphatic rings. The molecular formula is C23H23N5O3. The van der Waals surface area contributed by atoms with Crippen LogP contribution >= 0.6 is 0 Å². The smallest absolute Gasteiger partial charge is 0.266 e. The molecule has 0 aromatic carbocycles. The molecule has 3 aromatic heterocycles. The number of hydrogen-bond acceptors (Lipinski definition) is 6. The first-order chi connectivity index (χ1) is 15.0. The minimum atomic E-state index is -0.561. The molecule has 3 aromatic rings. The van der Waals surface area contributed by atoms with E-state index in [9.17, 15) is 9.59 Å². The van der Waals surface area contributed by atoms with Gasteiger partial charge in [-0.1, -0.05) is 6.08 Å². The van der Waals surface area contributed by atoms with Gasteiger partial charge in [-0.3, -0.25) is 19.1 Å². The number of carbonyl (C=O) groups is 1. The number of pyridine rings is 2. The first-order valence-electron chi connectivity index (χ1n) is 10.1. The van der Waals surface area contributed by atoms with E-state index in [0.29, 0.717) is 23.1 Å². The first kappa shape index (κ1) is 20.5. The molecule has 1 N–H and O–H groups in total. The summed E-state index contributed by atoms with van der Waals surface area (Å²) in [7, 11) is 1.57. The molecule has 0 saturated carbocycles. The largest absolute Gasteiger partial charge is 0.456 e. The summed E-state index contributed by atoms with van der Waals surface area (Å²) in [6.45, 7) is 1.70. The number of allylic oxidation sites excluding steroid dienone is 2. The van der Waals surface area contributed by atoms with E-state index in [0.717, 1.165) is 18.5 Å². The third kappa shape index (κ3) is 4.69. The van der Waals surface area contributed by atoms with Crippen LogP contribution in [0.3, 0.4) is 0 Å². The highest BCUT2D eigenvalue weighted by Crippen LogP contribution is 2.29. The summed E-state index contributed by atoms with van der Waals surface area (Å²) < 4.78 is 7.22. The summed E-state index contributed by atoms with van der Waals surface area (Å²) in [6, 6.07) is 7.04. The van der Waals surface area contributed by atoms with E-state index in [1.807, 2.05) is 6.07 Å². The lowest BCUT2D eigenvalue weighted by atomic mass is 9.97. The van der Waals surface area contributed by atoms with Crippen molar-refractivity contribution in [1.29, 1.82) is 0 Å². The lowest BCUT2D eigenvalue weighted by molar-refractivity contribution is 0.102. The fourth-order valence-electron chi connectivity index (χ4n) is 3.34. The number of anilines is 1. The van der Waals surface area contributed by atoms with E-state index in [4.69, 9.17) is 4.74 Å². The average Bonchev–Trinajstić information content (AvgIpc) is 2.79. The molecule has 1 aliphatic carbocycles. The van der Waals surface area contributed by atoms with Crippen molar-refractivity contribution in [2.75, 3.05) is 5.32 Å². The van der Waals surface area contributed by atoms with Gasteiger partial charge in [0.05, 0.1) is 11.9 Å². The summed E-state index contributed by atoms with van der Waals surface area (Å²) >= 11 is 0. The number of ether oxygens (including phenoxy) is 1.